The molecule has 0 radical (unpaired) electrons. The number of hydrogen-bond donors (Lipinski definition) is 1. The van der Waals surface area contributed by atoms with Crippen LogP contribution in [0.5, 0.6) is 5.75 Å². The molecule has 108 valence electrons. The van der Waals surface area contributed by atoms with Crippen LogP contribution in [-0.2, 0) is 20.3 Å². The largest absolute Gasteiger partial charge is 0.497 e. The summed E-state index contributed by atoms with van der Waals surface area (Å²) < 4.78 is 27.4. The Morgan fingerprint density at radius 3 is 2.68 bits per heavy atom. The average molecular weight is 287 g/mol. The molecule has 1 aromatic carbocycles. The summed E-state index contributed by atoms with van der Waals surface area (Å²) in [6.07, 6.45) is 0.715. The van der Waals surface area contributed by atoms with Crippen molar-refractivity contribution >= 4 is 16.5 Å². The van der Waals surface area contributed by atoms with Crippen molar-refractivity contribution in [2.45, 2.75) is 11.3 Å². The van der Waals surface area contributed by atoms with Crippen LogP contribution in [0.15, 0.2) is 23.1 Å². The van der Waals surface area contributed by atoms with E-state index >= 15 is 0 Å². The molecule has 0 spiro atoms. The smallest absolute Gasteiger partial charge is 0.120 e. The van der Waals surface area contributed by atoms with Crippen LogP contribution in [0.4, 0.5) is 5.69 Å². The highest BCUT2D eigenvalue weighted by molar-refractivity contribution is 7.85. The van der Waals surface area contributed by atoms with Crippen LogP contribution < -0.4 is 10.5 Å². The van der Waals surface area contributed by atoms with E-state index in [1.165, 1.54) is 0 Å². The van der Waals surface area contributed by atoms with Gasteiger partial charge in [0.05, 0.1) is 36.0 Å². The zero-order valence-electron chi connectivity index (χ0n) is 11.4. The first kappa shape index (κ1) is 15.9. The fourth-order valence-electron chi connectivity index (χ4n) is 1.49. The third kappa shape index (κ3) is 5.59. The van der Waals surface area contributed by atoms with Gasteiger partial charge in [0, 0.05) is 25.2 Å². The van der Waals surface area contributed by atoms with Crippen LogP contribution in [0, 0.1) is 0 Å². The van der Waals surface area contributed by atoms with Crippen LogP contribution in [0.1, 0.15) is 6.42 Å². The summed E-state index contributed by atoms with van der Waals surface area (Å²) in [6, 6.07) is 5.18. The third-order valence-electron chi connectivity index (χ3n) is 2.52. The monoisotopic (exact) mass is 287 g/mol. The van der Waals surface area contributed by atoms with Gasteiger partial charge in [-0.15, -0.1) is 0 Å². The number of benzene rings is 1. The molecule has 0 aliphatic rings. The second kappa shape index (κ2) is 8.90. The van der Waals surface area contributed by atoms with Gasteiger partial charge in [0.15, 0.2) is 0 Å². The van der Waals surface area contributed by atoms with Crippen molar-refractivity contribution in [3.63, 3.8) is 0 Å². The zero-order valence-corrected chi connectivity index (χ0v) is 12.2. The number of nitrogens with two attached hydrogens (primary N) is 1. The lowest BCUT2D eigenvalue weighted by Crippen LogP contribution is -2.08. The summed E-state index contributed by atoms with van der Waals surface area (Å²) in [6.45, 7) is 1.70. The summed E-state index contributed by atoms with van der Waals surface area (Å²) in [4.78, 5) is 0.622. The second-order valence-corrected chi connectivity index (χ2v) is 5.45. The standard InChI is InChI=1S/C13H21NO4S/c1-16-7-8-18-6-3-9-19(15)13-10-11(17-2)4-5-12(13)14/h4-5,10H,3,6-9,14H2,1-2H3. The van der Waals surface area contributed by atoms with Gasteiger partial charge >= 0.3 is 0 Å². The van der Waals surface area contributed by atoms with Gasteiger partial charge in [0.1, 0.15) is 5.75 Å². The van der Waals surface area contributed by atoms with E-state index in [4.69, 9.17) is 19.9 Å². The molecule has 2 N–H and O–H groups in total. The summed E-state index contributed by atoms with van der Waals surface area (Å²) >= 11 is 0. The van der Waals surface area contributed by atoms with Crippen LogP contribution in [0.25, 0.3) is 0 Å². The highest BCUT2D eigenvalue weighted by Crippen LogP contribution is 2.23. The lowest BCUT2D eigenvalue weighted by Gasteiger charge is -2.08. The summed E-state index contributed by atoms with van der Waals surface area (Å²) in [5, 5.41) is 0. The van der Waals surface area contributed by atoms with Crippen LogP contribution in [-0.4, -0.2) is 44.0 Å². The molecular formula is C13H21NO4S. The summed E-state index contributed by atoms with van der Waals surface area (Å²) in [5.74, 6) is 1.18. The van der Waals surface area contributed by atoms with Crippen molar-refractivity contribution in [3.05, 3.63) is 18.2 Å². The quantitative estimate of drug-likeness (QED) is 0.549. The lowest BCUT2D eigenvalue weighted by atomic mass is 10.3. The molecular weight excluding hydrogens is 266 g/mol. The predicted octanol–water partition coefficient (Wildman–Crippen LogP) is 1.44. The Morgan fingerprint density at radius 1 is 1.21 bits per heavy atom. The number of anilines is 1. The van der Waals surface area contributed by atoms with Crippen LogP contribution >= 0.6 is 0 Å². The molecule has 0 amide bonds. The van der Waals surface area contributed by atoms with E-state index in [0.717, 1.165) is 0 Å². The van der Waals surface area contributed by atoms with Gasteiger partial charge in [-0.25, -0.2) is 0 Å². The summed E-state index contributed by atoms with van der Waals surface area (Å²) in [7, 11) is 2.07. The van der Waals surface area contributed by atoms with Gasteiger partial charge < -0.3 is 19.9 Å². The van der Waals surface area contributed by atoms with Gasteiger partial charge in [0.25, 0.3) is 0 Å². The fraction of sp³-hybridized carbons (Fsp3) is 0.538. The highest BCUT2D eigenvalue weighted by atomic mass is 32.2. The van der Waals surface area contributed by atoms with Crippen molar-refractivity contribution < 1.29 is 18.4 Å². The third-order valence-corrected chi connectivity index (χ3v) is 4.02. The molecule has 0 saturated heterocycles. The topological polar surface area (TPSA) is 70.8 Å². The first-order valence-corrected chi connectivity index (χ1v) is 7.39. The molecule has 1 atom stereocenters. The van der Waals surface area contributed by atoms with Crippen molar-refractivity contribution in [2.75, 3.05) is 45.5 Å². The molecule has 1 rings (SSSR count). The molecule has 0 heterocycles. The van der Waals surface area contributed by atoms with Gasteiger partial charge in [-0.2, -0.15) is 0 Å². The van der Waals surface area contributed by atoms with E-state index < -0.39 is 10.8 Å². The molecule has 0 aromatic heterocycles. The SMILES string of the molecule is COCCOCCCS(=O)c1cc(OC)ccc1N. The molecule has 1 unspecified atom stereocenters. The minimum atomic E-state index is -1.13. The van der Waals surface area contributed by atoms with E-state index in [2.05, 4.69) is 0 Å². The number of ether oxygens (including phenoxy) is 3. The van der Waals surface area contributed by atoms with Gasteiger partial charge in [0.2, 0.25) is 0 Å². The molecule has 0 aliphatic heterocycles. The highest BCUT2D eigenvalue weighted by Gasteiger charge is 2.09. The van der Waals surface area contributed by atoms with E-state index in [1.54, 1.807) is 32.4 Å². The first-order chi connectivity index (χ1) is 9.19. The van der Waals surface area contributed by atoms with Crippen molar-refractivity contribution in [1.29, 1.82) is 0 Å². The Morgan fingerprint density at radius 2 is 2.00 bits per heavy atom. The molecule has 0 saturated carbocycles. The van der Waals surface area contributed by atoms with Crippen LogP contribution in [0.3, 0.4) is 0 Å². The number of rotatable bonds is 9. The zero-order chi connectivity index (χ0) is 14.1. The fourth-order valence-corrected chi connectivity index (χ4v) is 2.66. The minimum Gasteiger partial charge on any atom is -0.497 e. The Kier molecular flexibility index (Phi) is 7.47. The maximum atomic E-state index is 12.1. The van der Waals surface area contributed by atoms with Gasteiger partial charge in [-0.05, 0) is 24.6 Å². The van der Waals surface area contributed by atoms with Crippen molar-refractivity contribution in [1.82, 2.24) is 0 Å². The Hall–Kier alpha value is -1.11. The lowest BCUT2D eigenvalue weighted by molar-refractivity contribution is 0.0713. The van der Waals surface area contributed by atoms with E-state index in [1.807, 2.05) is 0 Å². The normalized spacial score (nSPS) is 12.3. The number of methoxy groups -OCH3 is 2. The van der Waals surface area contributed by atoms with Crippen molar-refractivity contribution in [2.24, 2.45) is 0 Å². The van der Waals surface area contributed by atoms with Crippen LogP contribution in [0.2, 0.25) is 0 Å². The Balaban J connectivity index is 2.40. The average Bonchev–Trinajstić information content (AvgIpc) is 2.43. The maximum Gasteiger partial charge on any atom is 0.120 e. The van der Waals surface area contributed by atoms with Crippen molar-refractivity contribution in [3.8, 4) is 5.75 Å². The van der Waals surface area contributed by atoms with E-state index in [9.17, 15) is 4.21 Å². The Bertz CT molecular complexity index is 412. The molecule has 19 heavy (non-hydrogen) atoms. The van der Waals surface area contributed by atoms with E-state index in [-0.39, 0.29) is 0 Å². The molecule has 6 heteroatoms. The van der Waals surface area contributed by atoms with E-state index in [0.29, 0.717) is 48.3 Å². The second-order valence-electron chi connectivity index (χ2n) is 3.91. The number of nitrogen functional groups attached to an aromatic ring is 1. The van der Waals surface area contributed by atoms with Gasteiger partial charge in [-0.1, -0.05) is 0 Å². The van der Waals surface area contributed by atoms with Gasteiger partial charge in [-0.3, -0.25) is 4.21 Å². The molecule has 1 aromatic rings. The predicted molar refractivity (Wildman–Crippen MR) is 76.0 cm³/mol. The summed E-state index contributed by atoms with van der Waals surface area (Å²) in [5.41, 5.74) is 6.35. The molecule has 5 nitrogen and oxygen atoms in total. The molecule has 0 bridgehead atoms. The minimum absolute atomic E-state index is 0.518. The molecule has 0 aliphatic carbocycles. The molecule has 0 fully saturated rings. The maximum absolute atomic E-state index is 12.1. The number of hydrogen-bond acceptors (Lipinski definition) is 5. The first-order valence-electron chi connectivity index (χ1n) is 6.07. The Labute approximate surface area is 116 Å².